The fourth-order valence-electron chi connectivity index (χ4n) is 1.14. The predicted octanol–water partition coefficient (Wildman–Crippen LogP) is -1.05. The van der Waals surface area contributed by atoms with Crippen LogP contribution in [0.15, 0.2) is 0 Å². The highest BCUT2D eigenvalue weighted by atomic mass is 16.5. The highest BCUT2D eigenvalue weighted by Crippen LogP contribution is 1.90. The van der Waals surface area contributed by atoms with Crippen LogP contribution in [0.3, 0.4) is 0 Å². The number of ether oxygens (including phenoxy) is 1. The maximum absolute atomic E-state index is 11.6. The predicted molar refractivity (Wildman–Crippen MR) is 60.8 cm³/mol. The van der Waals surface area contributed by atoms with Crippen LogP contribution < -0.4 is 11.1 Å². The van der Waals surface area contributed by atoms with Gasteiger partial charge in [0.25, 0.3) is 0 Å². The number of nitrogens with zero attached hydrogens (tertiary/aromatic N) is 1. The van der Waals surface area contributed by atoms with Gasteiger partial charge in [-0.05, 0) is 13.8 Å². The zero-order valence-electron chi connectivity index (χ0n) is 9.99. The summed E-state index contributed by atoms with van der Waals surface area (Å²) in [6, 6.07) is 0. The Morgan fingerprint density at radius 2 is 2.06 bits per heavy atom. The molecule has 0 rings (SSSR count). The number of carbonyl (C=O) groups is 2. The summed E-state index contributed by atoms with van der Waals surface area (Å²) in [5, 5.41) is 2.64. The molecular weight excluding hydrogens is 210 g/mol. The first-order valence-electron chi connectivity index (χ1n) is 5.47. The van der Waals surface area contributed by atoms with Crippen molar-refractivity contribution in [1.82, 2.24) is 10.2 Å². The molecule has 0 unspecified atom stereocenters. The topological polar surface area (TPSA) is 84.7 Å². The molecular formula is C10H21N3O3. The maximum atomic E-state index is 11.6. The number of nitrogens with one attached hydrogen (secondary N) is 1. The van der Waals surface area contributed by atoms with Crippen molar-refractivity contribution in [3.05, 3.63) is 0 Å². The van der Waals surface area contributed by atoms with Gasteiger partial charge in [-0.15, -0.1) is 0 Å². The lowest BCUT2D eigenvalue weighted by molar-refractivity contribution is -0.139. The van der Waals surface area contributed by atoms with Crippen molar-refractivity contribution in [3.8, 4) is 0 Å². The SMILES string of the molecule is CCNC(=O)CN(CC)C(=O)COCCN. The summed E-state index contributed by atoms with van der Waals surface area (Å²) in [4.78, 5) is 24.3. The lowest BCUT2D eigenvalue weighted by atomic mass is 10.4. The molecule has 0 heterocycles. The van der Waals surface area contributed by atoms with Gasteiger partial charge in [0.05, 0.1) is 13.2 Å². The molecule has 0 radical (unpaired) electrons. The molecule has 0 aliphatic carbocycles. The largest absolute Gasteiger partial charge is 0.370 e. The van der Waals surface area contributed by atoms with Gasteiger partial charge in [-0.3, -0.25) is 9.59 Å². The molecule has 0 saturated carbocycles. The van der Waals surface area contributed by atoms with E-state index in [0.29, 0.717) is 26.2 Å². The van der Waals surface area contributed by atoms with Gasteiger partial charge < -0.3 is 20.7 Å². The Balaban J connectivity index is 3.96. The van der Waals surface area contributed by atoms with Crippen LogP contribution in [0.5, 0.6) is 0 Å². The lowest BCUT2D eigenvalue weighted by Crippen LogP contribution is -2.42. The second-order valence-electron chi connectivity index (χ2n) is 3.20. The van der Waals surface area contributed by atoms with Crippen LogP contribution in [-0.2, 0) is 14.3 Å². The highest BCUT2D eigenvalue weighted by Gasteiger charge is 2.14. The van der Waals surface area contributed by atoms with Crippen LogP contribution in [0.4, 0.5) is 0 Å². The fourth-order valence-corrected chi connectivity index (χ4v) is 1.14. The molecule has 0 fully saturated rings. The maximum Gasteiger partial charge on any atom is 0.249 e. The number of carbonyl (C=O) groups excluding carboxylic acids is 2. The molecule has 6 nitrogen and oxygen atoms in total. The molecule has 0 saturated heterocycles. The van der Waals surface area contributed by atoms with Crippen LogP contribution in [0.25, 0.3) is 0 Å². The Bertz CT molecular complexity index is 221. The number of amides is 2. The third-order valence-corrected chi connectivity index (χ3v) is 1.93. The zero-order chi connectivity index (χ0) is 12.4. The summed E-state index contributed by atoms with van der Waals surface area (Å²) in [7, 11) is 0. The summed E-state index contributed by atoms with van der Waals surface area (Å²) in [6.45, 7) is 5.50. The van der Waals surface area contributed by atoms with Crippen LogP contribution in [0, 0.1) is 0 Å². The van der Waals surface area contributed by atoms with E-state index in [9.17, 15) is 9.59 Å². The van der Waals surface area contributed by atoms with Crippen molar-refractivity contribution in [3.63, 3.8) is 0 Å². The average Bonchev–Trinajstić information content (AvgIpc) is 2.26. The van der Waals surface area contributed by atoms with E-state index in [4.69, 9.17) is 10.5 Å². The quantitative estimate of drug-likeness (QED) is 0.522. The van der Waals surface area contributed by atoms with Crippen LogP contribution in [0.2, 0.25) is 0 Å². The molecule has 94 valence electrons. The molecule has 0 aromatic rings. The first-order valence-corrected chi connectivity index (χ1v) is 5.47. The van der Waals surface area contributed by atoms with Gasteiger partial charge in [-0.2, -0.15) is 0 Å². The van der Waals surface area contributed by atoms with Gasteiger partial charge in [0.2, 0.25) is 11.8 Å². The fraction of sp³-hybridized carbons (Fsp3) is 0.800. The molecule has 0 aromatic carbocycles. The summed E-state index contributed by atoms with van der Waals surface area (Å²) in [6.07, 6.45) is 0. The normalized spacial score (nSPS) is 9.94. The standard InChI is InChI=1S/C10H21N3O3/c1-3-12-9(14)7-13(4-2)10(15)8-16-6-5-11/h3-8,11H2,1-2H3,(H,12,14). The smallest absolute Gasteiger partial charge is 0.249 e. The molecule has 6 heteroatoms. The Labute approximate surface area is 96.1 Å². The molecule has 0 spiro atoms. The van der Waals surface area contributed by atoms with E-state index in [0.717, 1.165) is 0 Å². The summed E-state index contributed by atoms with van der Waals surface area (Å²) in [5.41, 5.74) is 5.23. The number of nitrogens with two attached hydrogens (primary N) is 1. The van der Waals surface area contributed by atoms with E-state index in [1.54, 1.807) is 0 Å². The summed E-state index contributed by atoms with van der Waals surface area (Å²) in [5.74, 6) is -0.348. The van der Waals surface area contributed by atoms with E-state index in [1.165, 1.54) is 4.90 Å². The minimum absolute atomic E-state index is 0.0234. The number of hydrogen-bond acceptors (Lipinski definition) is 4. The second kappa shape index (κ2) is 9.11. The molecule has 0 aliphatic heterocycles. The second-order valence-corrected chi connectivity index (χ2v) is 3.20. The molecule has 0 bridgehead atoms. The summed E-state index contributed by atoms with van der Waals surface area (Å²) < 4.78 is 5.02. The van der Waals surface area contributed by atoms with E-state index < -0.39 is 0 Å². The van der Waals surface area contributed by atoms with Gasteiger partial charge in [0, 0.05) is 19.6 Å². The first kappa shape index (κ1) is 14.9. The van der Waals surface area contributed by atoms with Gasteiger partial charge in [-0.25, -0.2) is 0 Å². The van der Waals surface area contributed by atoms with Crippen molar-refractivity contribution >= 4 is 11.8 Å². The van der Waals surface area contributed by atoms with E-state index >= 15 is 0 Å². The molecule has 3 N–H and O–H groups in total. The Kier molecular flexibility index (Phi) is 8.46. The van der Waals surface area contributed by atoms with E-state index in [1.807, 2.05) is 13.8 Å². The minimum atomic E-state index is -0.192. The third kappa shape index (κ3) is 6.36. The molecule has 0 atom stereocenters. The van der Waals surface area contributed by atoms with Gasteiger partial charge in [0.1, 0.15) is 6.61 Å². The van der Waals surface area contributed by atoms with Gasteiger partial charge in [-0.1, -0.05) is 0 Å². The lowest BCUT2D eigenvalue weighted by Gasteiger charge is -2.20. The summed E-state index contributed by atoms with van der Waals surface area (Å²) >= 11 is 0. The van der Waals surface area contributed by atoms with Gasteiger partial charge >= 0.3 is 0 Å². The Morgan fingerprint density at radius 3 is 2.56 bits per heavy atom. The van der Waals surface area contributed by atoms with Crippen molar-refractivity contribution in [2.24, 2.45) is 5.73 Å². The van der Waals surface area contributed by atoms with Crippen LogP contribution in [-0.4, -0.2) is 56.1 Å². The van der Waals surface area contributed by atoms with E-state index in [2.05, 4.69) is 5.32 Å². The molecule has 0 aliphatic rings. The molecule has 16 heavy (non-hydrogen) atoms. The Hall–Kier alpha value is -1.14. The minimum Gasteiger partial charge on any atom is -0.370 e. The van der Waals surface area contributed by atoms with Crippen molar-refractivity contribution in [2.45, 2.75) is 13.8 Å². The van der Waals surface area contributed by atoms with Crippen molar-refractivity contribution < 1.29 is 14.3 Å². The average molecular weight is 231 g/mol. The van der Waals surface area contributed by atoms with Crippen molar-refractivity contribution in [1.29, 1.82) is 0 Å². The highest BCUT2D eigenvalue weighted by molar-refractivity contribution is 5.85. The number of rotatable bonds is 8. The van der Waals surface area contributed by atoms with Gasteiger partial charge in [0.15, 0.2) is 0 Å². The van der Waals surface area contributed by atoms with E-state index in [-0.39, 0.29) is 25.0 Å². The number of likely N-dealkylation sites (N-methyl/N-ethyl adjacent to an activating group) is 2. The Morgan fingerprint density at radius 1 is 1.38 bits per heavy atom. The molecule has 0 aromatic heterocycles. The number of hydrogen-bond donors (Lipinski definition) is 2. The molecule has 2 amide bonds. The third-order valence-electron chi connectivity index (χ3n) is 1.93. The first-order chi connectivity index (χ1) is 7.65. The van der Waals surface area contributed by atoms with Crippen molar-refractivity contribution in [2.75, 3.05) is 39.4 Å². The van der Waals surface area contributed by atoms with Crippen LogP contribution >= 0.6 is 0 Å². The zero-order valence-corrected chi connectivity index (χ0v) is 9.99. The monoisotopic (exact) mass is 231 g/mol. The van der Waals surface area contributed by atoms with Crippen LogP contribution in [0.1, 0.15) is 13.8 Å².